The SMILES string of the molecule is O=C1CC(c2ccsc2)(c2cccc(Oc3ccc(F)c4cccnc34)n2)NC(=O)C1Sc1ccccc1Cl. The molecule has 6 rings (SSSR count). The molecule has 0 bridgehead atoms. The van der Waals surface area contributed by atoms with Crippen molar-refractivity contribution in [2.24, 2.45) is 0 Å². The molecule has 0 radical (unpaired) electrons. The summed E-state index contributed by atoms with van der Waals surface area (Å²) in [5.41, 5.74) is 0.362. The Morgan fingerprint density at radius 1 is 1.05 bits per heavy atom. The Labute approximate surface area is 236 Å². The lowest BCUT2D eigenvalue weighted by Gasteiger charge is -2.39. The van der Waals surface area contributed by atoms with Crippen LogP contribution in [0.15, 0.2) is 94.6 Å². The average Bonchev–Trinajstić information content (AvgIpc) is 3.49. The fourth-order valence-corrected chi connectivity index (χ4v) is 6.58. The van der Waals surface area contributed by atoms with Gasteiger partial charge in [-0.05, 0) is 64.9 Å². The zero-order valence-corrected chi connectivity index (χ0v) is 22.5. The number of benzene rings is 2. The largest absolute Gasteiger partial charge is 0.437 e. The van der Waals surface area contributed by atoms with Crippen LogP contribution in [0.25, 0.3) is 10.9 Å². The van der Waals surface area contributed by atoms with Gasteiger partial charge < -0.3 is 10.1 Å². The van der Waals surface area contributed by atoms with Gasteiger partial charge in [0.25, 0.3) is 0 Å². The molecule has 10 heteroatoms. The second-order valence-corrected chi connectivity index (χ2v) is 11.2. The predicted octanol–water partition coefficient (Wildman–Crippen LogP) is 6.77. The molecule has 2 atom stereocenters. The third-order valence-electron chi connectivity index (χ3n) is 6.46. The molecule has 1 saturated heterocycles. The van der Waals surface area contributed by atoms with Crippen molar-refractivity contribution in [1.82, 2.24) is 15.3 Å². The fraction of sp³-hybridized carbons (Fsp3) is 0.103. The lowest BCUT2D eigenvalue weighted by atomic mass is 9.79. The molecule has 1 fully saturated rings. The normalized spacial score (nSPS) is 19.2. The summed E-state index contributed by atoms with van der Waals surface area (Å²) in [5.74, 6) is -0.520. The summed E-state index contributed by atoms with van der Waals surface area (Å²) in [5, 5.41) is 6.73. The van der Waals surface area contributed by atoms with Gasteiger partial charge in [-0.2, -0.15) is 11.3 Å². The number of piperidine rings is 1. The van der Waals surface area contributed by atoms with Crippen molar-refractivity contribution < 1.29 is 18.7 Å². The number of nitrogens with zero attached hydrogens (tertiary/aromatic N) is 2. The number of carbonyl (C=O) groups excluding carboxylic acids is 2. The van der Waals surface area contributed by atoms with E-state index in [0.717, 1.165) is 17.3 Å². The van der Waals surface area contributed by atoms with Crippen molar-refractivity contribution in [3.8, 4) is 11.6 Å². The maximum absolute atomic E-state index is 14.3. The molecular weight excluding hydrogens is 557 g/mol. The average molecular weight is 576 g/mol. The molecule has 0 saturated carbocycles. The summed E-state index contributed by atoms with van der Waals surface area (Å²) in [6.45, 7) is 0. The van der Waals surface area contributed by atoms with E-state index < -0.39 is 22.5 Å². The third kappa shape index (κ3) is 4.78. The molecule has 1 aliphatic heterocycles. The zero-order chi connectivity index (χ0) is 27.0. The van der Waals surface area contributed by atoms with Crippen LogP contribution in [0.1, 0.15) is 17.7 Å². The number of carbonyl (C=O) groups is 2. The molecular formula is C29H19ClFN3O3S2. The molecule has 5 aromatic rings. The molecule has 1 amide bonds. The summed E-state index contributed by atoms with van der Waals surface area (Å²) in [6.07, 6.45) is 1.55. The molecule has 194 valence electrons. The Morgan fingerprint density at radius 3 is 2.72 bits per heavy atom. The van der Waals surface area contributed by atoms with Crippen molar-refractivity contribution >= 4 is 57.3 Å². The first-order valence-corrected chi connectivity index (χ1v) is 14.1. The minimum Gasteiger partial charge on any atom is -0.437 e. The van der Waals surface area contributed by atoms with Gasteiger partial charge in [0, 0.05) is 29.0 Å². The van der Waals surface area contributed by atoms with Gasteiger partial charge in [0.05, 0.1) is 10.7 Å². The highest BCUT2D eigenvalue weighted by atomic mass is 35.5. The minimum absolute atomic E-state index is 0.00488. The number of Topliss-reactive ketones (excluding diaryl/α,β-unsaturated/α-hetero) is 1. The second-order valence-electron chi connectivity index (χ2n) is 8.89. The standard InChI is InChI=1S/C29H19ClFN3O3S2/c30-19-6-1-2-7-23(19)39-27-21(35)15-29(34-28(27)36,17-12-14-38-16-17)24-8-3-9-25(33-24)37-22-11-10-20(31)18-5-4-13-32-26(18)22/h1-14,16,27H,15H2,(H,34,36). The van der Waals surface area contributed by atoms with Gasteiger partial charge >= 0.3 is 0 Å². The molecule has 2 aromatic carbocycles. The summed E-state index contributed by atoms with van der Waals surface area (Å²) >= 11 is 8.88. The van der Waals surface area contributed by atoms with Gasteiger partial charge in [0.15, 0.2) is 11.5 Å². The highest BCUT2D eigenvalue weighted by Gasteiger charge is 2.48. The number of pyridine rings is 2. The number of thioether (sulfide) groups is 1. The Hall–Kier alpha value is -3.79. The number of nitrogens with one attached hydrogen (secondary N) is 1. The molecule has 1 aliphatic rings. The topological polar surface area (TPSA) is 81.2 Å². The number of hydrogen-bond acceptors (Lipinski definition) is 7. The monoisotopic (exact) mass is 575 g/mol. The first-order chi connectivity index (χ1) is 18.9. The number of thiophene rings is 1. The Balaban J connectivity index is 1.36. The van der Waals surface area contributed by atoms with E-state index in [4.69, 9.17) is 21.3 Å². The Morgan fingerprint density at radius 2 is 1.92 bits per heavy atom. The number of ether oxygens (including phenoxy) is 1. The van der Waals surface area contributed by atoms with Crippen LogP contribution in [0.3, 0.4) is 0 Å². The minimum atomic E-state index is -1.19. The van der Waals surface area contributed by atoms with Gasteiger partial charge in [-0.25, -0.2) is 9.37 Å². The molecule has 0 spiro atoms. The molecule has 2 unspecified atom stereocenters. The number of hydrogen-bond donors (Lipinski definition) is 1. The number of halogens is 2. The highest BCUT2D eigenvalue weighted by Crippen LogP contribution is 2.41. The molecule has 1 N–H and O–H groups in total. The summed E-state index contributed by atoms with van der Waals surface area (Å²) in [4.78, 5) is 36.6. The quantitative estimate of drug-likeness (QED) is 0.225. The van der Waals surface area contributed by atoms with Crippen LogP contribution in [0.4, 0.5) is 4.39 Å². The van der Waals surface area contributed by atoms with E-state index in [1.807, 2.05) is 22.9 Å². The number of amides is 1. The number of fused-ring (bicyclic) bond motifs is 1. The van der Waals surface area contributed by atoms with Crippen molar-refractivity contribution in [2.75, 3.05) is 0 Å². The Bertz CT molecular complexity index is 1700. The number of ketones is 1. The molecule has 6 nitrogen and oxygen atoms in total. The number of rotatable bonds is 6. The molecule has 3 aromatic heterocycles. The van der Waals surface area contributed by atoms with Crippen LogP contribution in [0, 0.1) is 5.82 Å². The van der Waals surface area contributed by atoms with Crippen LogP contribution >= 0.6 is 34.7 Å². The van der Waals surface area contributed by atoms with Gasteiger partial charge in [0.1, 0.15) is 22.1 Å². The van der Waals surface area contributed by atoms with E-state index in [2.05, 4.69) is 10.3 Å². The first kappa shape index (κ1) is 25.5. The predicted molar refractivity (Wildman–Crippen MR) is 150 cm³/mol. The molecule has 39 heavy (non-hydrogen) atoms. The van der Waals surface area contributed by atoms with E-state index in [0.29, 0.717) is 32.3 Å². The van der Waals surface area contributed by atoms with E-state index in [9.17, 15) is 14.0 Å². The van der Waals surface area contributed by atoms with Crippen molar-refractivity contribution in [3.05, 3.63) is 112 Å². The van der Waals surface area contributed by atoms with Crippen LogP contribution in [-0.4, -0.2) is 26.9 Å². The van der Waals surface area contributed by atoms with Crippen LogP contribution in [0.2, 0.25) is 5.02 Å². The fourth-order valence-electron chi connectivity index (χ4n) is 4.61. The third-order valence-corrected chi connectivity index (χ3v) is 8.90. The van der Waals surface area contributed by atoms with Crippen LogP contribution < -0.4 is 10.1 Å². The summed E-state index contributed by atoms with van der Waals surface area (Å²) in [7, 11) is 0. The molecule has 4 heterocycles. The number of aromatic nitrogens is 2. The highest BCUT2D eigenvalue weighted by molar-refractivity contribution is 8.01. The Kier molecular flexibility index (Phi) is 6.80. The van der Waals surface area contributed by atoms with Crippen LogP contribution in [-0.2, 0) is 15.1 Å². The van der Waals surface area contributed by atoms with E-state index in [-0.39, 0.29) is 18.1 Å². The van der Waals surface area contributed by atoms with Crippen molar-refractivity contribution in [3.63, 3.8) is 0 Å². The smallest absolute Gasteiger partial charge is 0.242 e. The van der Waals surface area contributed by atoms with E-state index >= 15 is 0 Å². The van der Waals surface area contributed by atoms with Gasteiger partial charge in [-0.3, -0.25) is 14.6 Å². The van der Waals surface area contributed by atoms with Crippen LogP contribution in [0.5, 0.6) is 11.6 Å². The lowest BCUT2D eigenvalue weighted by Crippen LogP contribution is -2.58. The van der Waals surface area contributed by atoms with Gasteiger partial charge in [-0.15, -0.1) is 11.8 Å². The second kappa shape index (κ2) is 10.4. The van der Waals surface area contributed by atoms with E-state index in [1.165, 1.54) is 23.5 Å². The maximum Gasteiger partial charge on any atom is 0.242 e. The lowest BCUT2D eigenvalue weighted by molar-refractivity contribution is -0.133. The van der Waals surface area contributed by atoms with Crippen molar-refractivity contribution in [1.29, 1.82) is 0 Å². The van der Waals surface area contributed by atoms with Crippen molar-refractivity contribution in [2.45, 2.75) is 22.1 Å². The zero-order valence-electron chi connectivity index (χ0n) is 20.1. The van der Waals surface area contributed by atoms with E-state index in [1.54, 1.807) is 54.7 Å². The maximum atomic E-state index is 14.3. The summed E-state index contributed by atoms with van der Waals surface area (Å²) < 4.78 is 20.3. The van der Waals surface area contributed by atoms with Gasteiger partial charge in [-0.1, -0.05) is 29.8 Å². The first-order valence-electron chi connectivity index (χ1n) is 11.9. The summed E-state index contributed by atoms with van der Waals surface area (Å²) in [6, 6.07) is 20.2. The molecule has 0 aliphatic carbocycles. The van der Waals surface area contributed by atoms with Gasteiger partial charge in [0.2, 0.25) is 11.8 Å².